The van der Waals surface area contributed by atoms with Gasteiger partial charge in [-0.15, -0.1) is 0 Å². The maximum atomic E-state index is 12.4. The molecule has 1 unspecified atom stereocenters. The Bertz CT molecular complexity index is 953. The van der Waals surface area contributed by atoms with Gasteiger partial charge in [0.2, 0.25) is 17.6 Å². The zero-order valence-corrected chi connectivity index (χ0v) is 15.1. The monoisotopic (exact) mass is 367 g/mol. The van der Waals surface area contributed by atoms with Crippen molar-refractivity contribution in [2.75, 3.05) is 0 Å². The summed E-state index contributed by atoms with van der Waals surface area (Å²) in [5.74, 6) is 1.01. The van der Waals surface area contributed by atoms with Crippen molar-refractivity contribution in [1.29, 1.82) is 0 Å². The number of nitrogens with zero attached hydrogens (tertiary/aromatic N) is 3. The van der Waals surface area contributed by atoms with Crippen molar-refractivity contribution in [3.8, 4) is 11.4 Å². The van der Waals surface area contributed by atoms with Gasteiger partial charge in [0.15, 0.2) is 0 Å². The largest absolute Gasteiger partial charge is 0.337 e. The number of carbonyl (C=O) groups excluding carboxylic acids is 1. The first-order chi connectivity index (χ1) is 12.6. The van der Waals surface area contributed by atoms with Gasteiger partial charge >= 0.3 is 0 Å². The Balaban J connectivity index is 1.60. The molecule has 1 aliphatic heterocycles. The van der Waals surface area contributed by atoms with E-state index in [1.54, 1.807) is 6.07 Å². The van der Waals surface area contributed by atoms with Crippen LogP contribution in [0.15, 0.2) is 53.1 Å². The van der Waals surface area contributed by atoms with Gasteiger partial charge < -0.3 is 9.42 Å². The lowest BCUT2D eigenvalue weighted by Crippen LogP contribution is -2.27. The number of hydrogen-bond acceptors (Lipinski definition) is 4. The number of carbonyl (C=O) groups is 1. The van der Waals surface area contributed by atoms with Crippen LogP contribution in [0, 0.1) is 6.92 Å². The molecule has 3 aromatic rings. The molecule has 0 radical (unpaired) electrons. The second-order valence-electron chi connectivity index (χ2n) is 6.50. The van der Waals surface area contributed by atoms with Crippen molar-refractivity contribution in [2.45, 2.75) is 32.4 Å². The fourth-order valence-corrected chi connectivity index (χ4v) is 3.54. The van der Waals surface area contributed by atoms with E-state index in [2.05, 4.69) is 16.2 Å². The number of aromatic nitrogens is 2. The van der Waals surface area contributed by atoms with Crippen LogP contribution in [-0.2, 0) is 11.3 Å². The van der Waals surface area contributed by atoms with E-state index in [0.29, 0.717) is 36.1 Å². The lowest BCUT2D eigenvalue weighted by molar-refractivity contribution is -0.129. The van der Waals surface area contributed by atoms with E-state index in [1.807, 2.05) is 48.2 Å². The second kappa shape index (κ2) is 6.92. The molecule has 1 saturated heterocycles. The van der Waals surface area contributed by atoms with E-state index in [0.717, 1.165) is 11.1 Å². The Morgan fingerprint density at radius 2 is 2.08 bits per heavy atom. The predicted octanol–water partition coefficient (Wildman–Crippen LogP) is 4.56. The molecule has 0 aliphatic carbocycles. The molecule has 0 N–H and O–H groups in total. The van der Waals surface area contributed by atoms with Crippen LogP contribution in [0.1, 0.15) is 35.9 Å². The Morgan fingerprint density at radius 1 is 1.23 bits per heavy atom. The summed E-state index contributed by atoms with van der Waals surface area (Å²) in [4.78, 5) is 18.7. The van der Waals surface area contributed by atoms with Crippen molar-refractivity contribution >= 4 is 17.5 Å². The normalized spacial score (nSPS) is 17.1. The summed E-state index contributed by atoms with van der Waals surface area (Å²) in [5, 5.41) is 4.63. The molecule has 1 fully saturated rings. The summed E-state index contributed by atoms with van der Waals surface area (Å²) < 4.78 is 5.48. The standard InChI is InChI=1S/C20H18ClN3O2/c1-13-5-4-6-14(11-13)12-24-17(9-10-18(24)25)20-22-19(23-26-20)15-7-2-3-8-16(15)21/h2-8,11,17H,9-10,12H2,1H3. The molecule has 1 aliphatic rings. The number of likely N-dealkylation sites (tertiary alicyclic amines) is 1. The third-order valence-electron chi connectivity index (χ3n) is 4.61. The van der Waals surface area contributed by atoms with Crippen LogP contribution >= 0.6 is 11.6 Å². The highest BCUT2D eigenvalue weighted by molar-refractivity contribution is 6.33. The Kier molecular flexibility index (Phi) is 4.47. The molecule has 0 spiro atoms. The van der Waals surface area contributed by atoms with Crippen molar-refractivity contribution in [3.05, 3.63) is 70.6 Å². The van der Waals surface area contributed by atoms with Crippen molar-refractivity contribution in [3.63, 3.8) is 0 Å². The zero-order chi connectivity index (χ0) is 18.1. The summed E-state index contributed by atoms with van der Waals surface area (Å²) >= 11 is 6.22. The maximum Gasteiger partial charge on any atom is 0.249 e. The SMILES string of the molecule is Cc1cccc(CN2C(=O)CCC2c2nc(-c3ccccc3Cl)no2)c1. The smallest absolute Gasteiger partial charge is 0.249 e. The molecule has 26 heavy (non-hydrogen) atoms. The first kappa shape index (κ1) is 16.8. The number of hydrogen-bond donors (Lipinski definition) is 0. The summed E-state index contributed by atoms with van der Waals surface area (Å²) in [6, 6.07) is 15.3. The number of rotatable bonds is 4. The van der Waals surface area contributed by atoms with Gasteiger partial charge in [-0.1, -0.05) is 58.7 Å². The summed E-state index contributed by atoms with van der Waals surface area (Å²) in [6.45, 7) is 2.58. The number of aryl methyl sites for hydroxylation is 1. The summed E-state index contributed by atoms with van der Waals surface area (Å²) in [6.07, 6.45) is 1.16. The Hall–Kier alpha value is -2.66. The molecule has 1 amide bonds. The third kappa shape index (κ3) is 3.22. The van der Waals surface area contributed by atoms with E-state index in [4.69, 9.17) is 16.1 Å². The van der Waals surface area contributed by atoms with Crippen LogP contribution in [0.25, 0.3) is 11.4 Å². The van der Waals surface area contributed by atoms with E-state index < -0.39 is 0 Å². The fraction of sp³-hybridized carbons (Fsp3) is 0.250. The highest BCUT2D eigenvalue weighted by Gasteiger charge is 2.36. The van der Waals surface area contributed by atoms with Gasteiger partial charge in [0.1, 0.15) is 6.04 Å². The fourth-order valence-electron chi connectivity index (χ4n) is 3.32. The third-order valence-corrected chi connectivity index (χ3v) is 4.93. The topological polar surface area (TPSA) is 59.2 Å². The first-order valence-electron chi connectivity index (χ1n) is 8.55. The van der Waals surface area contributed by atoms with Crippen LogP contribution in [0.2, 0.25) is 5.02 Å². The van der Waals surface area contributed by atoms with Crippen molar-refractivity contribution in [1.82, 2.24) is 15.0 Å². The number of benzene rings is 2. The van der Waals surface area contributed by atoms with Gasteiger partial charge in [-0.3, -0.25) is 4.79 Å². The molecule has 1 atom stereocenters. The van der Waals surface area contributed by atoms with E-state index in [9.17, 15) is 4.79 Å². The Morgan fingerprint density at radius 3 is 2.88 bits per heavy atom. The lowest BCUT2D eigenvalue weighted by Gasteiger charge is -2.22. The van der Waals surface area contributed by atoms with Gasteiger partial charge in [0.05, 0.1) is 5.02 Å². The average Bonchev–Trinajstić information content (AvgIpc) is 3.23. The molecular weight excluding hydrogens is 350 g/mol. The number of amides is 1. The Labute approximate surface area is 156 Å². The minimum absolute atomic E-state index is 0.106. The molecule has 4 rings (SSSR count). The van der Waals surface area contributed by atoms with Crippen LogP contribution in [0.4, 0.5) is 0 Å². The minimum Gasteiger partial charge on any atom is -0.337 e. The molecule has 1 aromatic heterocycles. The quantitative estimate of drug-likeness (QED) is 0.678. The second-order valence-corrected chi connectivity index (χ2v) is 6.91. The first-order valence-corrected chi connectivity index (χ1v) is 8.93. The average molecular weight is 368 g/mol. The highest BCUT2D eigenvalue weighted by Crippen LogP contribution is 2.35. The molecule has 0 bridgehead atoms. The van der Waals surface area contributed by atoms with Crippen LogP contribution in [0.3, 0.4) is 0 Å². The van der Waals surface area contributed by atoms with Crippen molar-refractivity contribution in [2.24, 2.45) is 0 Å². The van der Waals surface area contributed by atoms with Gasteiger partial charge in [0.25, 0.3) is 0 Å². The maximum absolute atomic E-state index is 12.4. The van der Waals surface area contributed by atoms with Crippen LogP contribution < -0.4 is 0 Å². The number of halogens is 1. The molecular formula is C20H18ClN3O2. The van der Waals surface area contributed by atoms with Crippen molar-refractivity contribution < 1.29 is 9.32 Å². The molecule has 132 valence electrons. The van der Waals surface area contributed by atoms with Gasteiger partial charge in [-0.2, -0.15) is 4.98 Å². The van der Waals surface area contributed by atoms with Gasteiger partial charge in [0, 0.05) is 18.5 Å². The van der Waals surface area contributed by atoms with E-state index >= 15 is 0 Å². The summed E-state index contributed by atoms with van der Waals surface area (Å²) in [5.41, 5.74) is 2.99. The summed E-state index contributed by atoms with van der Waals surface area (Å²) in [7, 11) is 0. The highest BCUT2D eigenvalue weighted by atomic mass is 35.5. The van der Waals surface area contributed by atoms with Crippen LogP contribution in [0.5, 0.6) is 0 Å². The molecule has 2 aromatic carbocycles. The lowest BCUT2D eigenvalue weighted by atomic mass is 10.1. The molecule has 5 nitrogen and oxygen atoms in total. The van der Waals surface area contributed by atoms with E-state index in [-0.39, 0.29) is 11.9 Å². The van der Waals surface area contributed by atoms with Gasteiger partial charge in [-0.05, 0) is 31.0 Å². The zero-order valence-electron chi connectivity index (χ0n) is 14.4. The molecule has 0 saturated carbocycles. The van der Waals surface area contributed by atoms with E-state index in [1.165, 1.54) is 5.56 Å². The predicted molar refractivity (Wildman–Crippen MR) is 98.4 cm³/mol. The van der Waals surface area contributed by atoms with Gasteiger partial charge in [-0.25, -0.2) is 0 Å². The molecule has 6 heteroatoms. The molecule has 2 heterocycles. The van der Waals surface area contributed by atoms with Crippen LogP contribution in [-0.4, -0.2) is 20.9 Å². The minimum atomic E-state index is -0.202.